The summed E-state index contributed by atoms with van der Waals surface area (Å²) in [5.41, 5.74) is 7.95. The molecule has 1 heterocycles. The van der Waals surface area contributed by atoms with Crippen molar-refractivity contribution in [2.75, 3.05) is 18.4 Å². The minimum absolute atomic E-state index is 0.0202. The molecule has 1 aromatic heterocycles. The molecule has 0 aliphatic rings. The number of halogens is 2. The number of benzene rings is 2. The van der Waals surface area contributed by atoms with Gasteiger partial charge in [-0.1, -0.05) is 41.4 Å². The molecule has 26 heavy (non-hydrogen) atoms. The largest absolute Gasteiger partial charge is 0.370 e. The van der Waals surface area contributed by atoms with Gasteiger partial charge in [0.15, 0.2) is 5.43 Å². The number of H-pyrrole nitrogens is 1. The molecular weight excluding hydrogens is 371 g/mol. The fourth-order valence-corrected chi connectivity index (χ4v) is 2.98. The Kier molecular flexibility index (Phi) is 6.16. The van der Waals surface area contributed by atoms with E-state index in [4.69, 9.17) is 28.9 Å². The second kappa shape index (κ2) is 8.56. The van der Waals surface area contributed by atoms with E-state index in [-0.39, 0.29) is 11.5 Å². The Balaban J connectivity index is 1.50. The molecule has 0 saturated heterocycles. The van der Waals surface area contributed by atoms with Crippen LogP contribution in [0.25, 0.3) is 10.9 Å². The van der Waals surface area contributed by atoms with Crippen LogP contribution >= 0.6 is 23.2 Å². The first kappa shape index (κ1) is 18.7. The summed E-state index contributed by atoms with van der Waals surface area (Å²) >= 11 is 11.9. The van der Waals surface area contributed by atoms with E-state index in [1.165, 1.54) is 0 Å². The van der Waals surface area contributed by atoms with Crippen LogP contribution < -0.4 is 21.8 Å². The molecule has 136 valence electrons. The van der Waals surface area contributed by atoms with E-state index in [9.17, 15) is 4.79 Å². The monoisotopic (exact) mass is 390 g/mol. The molecule has 0 aliphatic heterocycles. The number of nitrogens with one attached hydrogen (secondary N) is 3. The number of para-hydroxylation sites is 1. The van der Waals surface area contributed by atoms with Crippen LogP contribution in [-0.2, 0) is 6.54 Å². The smallest absolute Gasteiger partial charge is 0.191 e. The number of anilines is 1. The van der Waals surface area contributed by atoms with Crippen LogP contribution in [0.5, 0.6) is 0 Å². The second-order valence-corrected chi connectivity index (χ2v) is 6.93. The molecule has 1 atom stereocenters. The molecule has 3 rings (SSSR count). The van der Waals surface area contributed by atoms with Gasteiger partial charge in [-0.3, -0.25) is 4.79 Å². The maximum atomic E-state index is 12.1. The Morgan fingerprint density at radius 3 is 2.65 bits per heavy atom. The van der Waals surface area contributed by atoms with Gasteiger partial charge in [0.25, 0.3) is 0 Å². The molecule has 0 radical (unpaired) electrons. The molecule has 0 fully saturated rings. The summed E-state index contributed by atoms with van der Waals surface area (Å²) in [4.78, 5) is 15.3. The molecule has 0 saturated carbocycles. The quantitative estimate of drug-likeness (QED) is 0.498. The minimum Gasteiger partial charge on any atom is -0.370 e. The van der Waals surface area contributed by atoms with Crippen molar-refractivity contribution in [3.63, 3.8) is 0 Å². The van der Waals surface area contributed by atoms with Gasteiger partial charge >= 0.3 is 0 Å². The minimum atomic E-state index is -0.118. The first-order valence-corrected chi connectivity index (χ1v) is 9.04. The SMILES string of the molecule is NC(CNCc1ccc(Cl)c(Cl)c1)CNc1cc(=O)c2ccccc2[nH]1. The number of aromatic amines is 1. The van der Waals surface area contributed by atoms with Gasteiger partial charge in [-0.15, -0.1) is 0 Å². The van der Waals surface area contributed by atoms with Gasteiger partial charge in [0.05, 0.1) is 15.6 Å². The lowest BCUT2D eigenvalue weighted by atomic mass is 10.2. The Hall–Kier alpha value is -2.05. The number of hydrogen-bond acceptors (Lipinski definition) is 4. The Morgan fingerprint density at radius 1 is 1.04 bits per heavy atom. The highest BCUT2D eigenvalue weighted by Crippen LogP contribution is 2.22. The third-order valence-electron chi connectivity index (χ3n) is 4.01. The molecule has 0 bridgehead atoms. The van der Waals surface area contributed by atoms with E-state index < -0.39 is 0 Å². The normalized spacial score (nSPS) is 12.3. The van der Waals surface area contributed by atoms with Crippen molar-refractivity contribution in [1.29, 1.82) is 0 Å². The van der Waals surface area contributed by atoms with Gasteiger partial charge in [-0.25, -0.2) is 0 Å². The summed E-state index contributed by atoms with van der Waals surface area (Å²) in [5.74, 6) is 0.661. The number of nitrogens with two attached hydrogens (primary N) is 1. The molecule has 5 nitrogen and oxygen atoms in total. The maximum Gasteiger partial charge on any atom is 0.191 e. The lowest BCUT2D eigenvalue weighted by Crippen LogP contribution is -2.39. The van der Waals surface area contributed by atoms with E-state index in [0.717, 1.165) is 11.1 Å². The second-order valence-electron chi connectivity index (χ2n) is 6.11. The summed E-state index contributed by atoms with van der Waals surface area (Å²) in [5, 5.41) is 8.22. The number of pyridine rings is 1. The summed E-state index contributed by atoms with van der Waals surface area (Å²) in [6, 6.07) is 14.4. The number of hydrogen-bond donors (Lipinski definition) is 4. The number of aromatic nitrogens is 1. The first-order chi connectivity index (χ1) is 12.5. The highest BCUT2D eigenvalue weighted by molar-refractivity contribution is 6.42. The molecular formula is C19H20Cl2N4O. The number of rotatable bonds is 7. The first-order valence-electron chi connectivity index (χ1n) is 8.29. The van der Waals surface area contributed by atoms with Gasteiger partial charge in [0.1, 0.15) is 5.82 Å². The molecule has 0 aliphatic carbocycles. The lowest BCUT2D eigenvalue weighted by Gasteiger charge is -2.15. The number of fused-ring (bicyclic) bond motifs is 1. The lowest BCUT2D eigenvalue weighted by molar-refractivity contribution is 0.591. The molecule has 3 aromatic rings. The molecule has 1 unspecified atom stereocenters. The van der Waals surface area contributed by atoms with E-state index >= 15 is 0 Å². The molecule has 5 N–H and O–H groups in total. The Labute approximate surface area is 161 Å². The fourth-order valence-electron chi connectivity index (χ4n) is 2.66. The predicted octanol–water partition coefficient (Wildman–Crippen LogP) is 3.36. The van der Waals surface area contributed by atoms with Crippen molar-refractivity contribution in [3.05, 3.63) is 74.4 Å². The van der Waals surface area contributed by atoms with Crippen LogP contribution in [0.1, 0.15) is 5.56 Å². The van der Waals surface area contributed by atoms with Crippen LogP contribution in [0, 0.1) is 0 Å². The predicted molar refractivity (Wildman–Crippen MR) is 109 cm³/mol. The van der Waals surface area contributed by atoms with Gasteiger partial charge in [-0.2, -0.15) is 0 Å². The van der Waals surface area contributed by atoms with E-state index in [1.807, 2.05) is 30.3 Å². The molecule has 0 amide bonds. The van der Waals surface area contributed by atoms with E-state index in [0.29, 0.717) is 40.9 Å². The zero-order valence-corrected chi connectivity index (χ0v) is 15.6. The van der Waals surface area contributed by atoms with E-state index in [2.05, 4.69) is 15.6 Å². The van der Waals surface area contributed by atoms with Crippen molar-refractivity contribution < 1.29 is 0 Å². The zero-order valence-electron chi connectivity index (χ0n) is 14.1. The zero-order chi connectivity index (χ0) is 18.5. The van der Waals surface area contributed by atoms with Crippen LogP contribution in [0.2, 0.25) is 10.0 Å². The van der Waals surface area contributed by atoms with E-state index in [1.54, 1.807) is 18.2 Å². The van der Waals surface area contributed by atoms with Gasteiger partial charge in [-0.05, 0) is 29.8 Å². The molecule has 7 heteroatoms. The van der Waals surface area contributed by atoms with Crippen LogP contribution in [-0.4, -0.2) is 24.1 Å². The maximum absolute atomic E-state index is 12.1. The standard InChI is InChI=1S/C19H20Cl2N4O/c20-15-6-5-12(7-16(15)21)9-23-10-13(22)11-24-19-8-18(26)14-3-1-2-4-17(14)25-19/h1-8,13,23H,9-11,22H2,(H2,24,25,26). The van der Waals surface area contributed by atoms with Crippen molar-refractivity contribution in [2.45, 2.75) is 12.6 Å². The highest BCUT2D eigenvalue weighted by atomic mass is 35.5. The van der Waals surface area contributed by atoms with Gasteiger partial charge in [0, 0.05) is 37.1 Å². The van der Waals surface area contributed by atoms with Crippen molar-refractivity contribution >= 4 is 39.9 Å². The van der Waals surface area contributed by atoms with Crippen LogP contribution in [0.15, 0.2) is 53.3 Å². The van der Waals surface area contributed by atoms with Crippen molar-refractivity contribution in [3.8, 4) is 0 Å². The van der Waals surface area contributed by atoms with Crippen LogP contribution in [0.3, 0.4) is 0 Å². The fraction of sp³-hybridized carbons (Fsp3) is 0.211. The third-order valence-corrected chi connectivity index (χ3v) is 4.75. The molecule has 0 spiro atoms. The summed E-state index contributed by atoms with van der Waals surface area (Å²) in [7, 11) is 0. The topological polar surface area (TPSA) is 82.9 Å². The average Bonchev–Trinajstić information content (AvgIpc) is 2.63. The third kappa shape index (κ3) is 4.77. The Bertz CT molecular complexity index is 958. The van der Waals surface area contributed by atoms with Crippen molar-refractivity contribution in [2.24, 2.45) is 5.73 Å². The summed E-state index contributed by atoms with van der Waals surface area (Å²) in [6.07, 6.45) is 0. The molecule has 2 aromatic carbocycles. The highest BCUT2D eigenvalue weighted by Gasteiger charge is 2.05. The van der Waals surface area contributed by atoms with Gasteiger partial charge in [0.2, 0.25) is 0 Å². The summed E-state index contributed by atoms with van der Waals surface area (Å²) in [6.45, 7) is 1.80. The average molecular weight is 391 g/mol. The summed E-state index contributed by atoms with van der Waals surface area (Å²) < 4.78 is 0. The van der Waals surface area contributed by atoms with Crippen LogP contribution in [0.4, 0.5) is 5.82 Å². The Morgan fingerprint density at radius 2 is 1.85 bits per heavy atom. The van der Waals surface area contributed by atoms with Gasteiger partial charge < -0.3 is 21.4 Å². The van der Waals surface area contributed by atoms with Crippen molar-refractivity contribution in [1.82, 2.24) is 10.3 Å².